The summed E-state index contributed by atoms with van der Waals surface area (Å²) in [6.07, 6.45) is -2.56. The predicted octanol–water partition coefficient (Wildman–Crippen LogP) is 3.59. The molecule has 0 aliphatic heterocycles. The molecule has 0 fully saturated rings. The van der Waals surface area contributed by atoms with Gasteiger partial charge in [0.25, 0.3) is 0 Å². The number of aryl methyl sites for hydroxylation is 1. The SMILES string of the molecule is CC(C)=N.CCS(=O)(=O)c1cc(O)cnc1-c1nc2cc(C(F)(F)F)ncc2n1C. The molecule has 3 aromatic rings. The summed E-state index contributed by atoms with van der Waals surface area (Å²) in [6, 6.07) is 1.83. The quantitative estimate of drug-likeness (QED) is 0.597. The number of hydrogen-bond acceptors (Lipinski definition) is 7. The van der Waals surface area contributed by atoms with Gasteiger partial charge in [-0.15, -0.1) is 0 Å². The Morgan fingerprint density at radius 1 is 1.20 bits per heavy atom. The molecule has 2 N–H and O–H groups in total. The van der Waals surface area contributed by atoms with E-state index in [9.17, 15) is 26.7 Å². The van der Waals surface area contributed by atoms with Gasteiger partial charge >= 0.3 is 6.18 Å². The summed E-state index contributed by atoms with van der Waals surface area (Å²) in [5, 5.41) is 16.1. The van der Waals surface area contributed by atoms with Crippen molar-refractivity contribution in [1.82, 2.24) is 19.5 Å². The molecule has 0 saturated heterocycles. The summed E-state index contributed by atoms with van der Waals surface area (Å²) >= 11 is 0. The third-order valence-electron chi connectivity index (χ3n) is 3.82. The smallest absolute Gasteiger partial charge is 0.433 e. The van der Waals surface area contributed by atoms with Gasteiger partial charge in [0, 0.05) is 18.8 Å². The first-order valence-corrected chi connectivity index (χ1v) is 10.3. The molecule has 0 saturated carbocycles. The lowest BCUT2D eigenvalue weighted by molar-refractivity contribution is -0.141. The van der Waals surface area contributed by atoms with Crippen molar-refractivity contribution in [3.8, 4) is 17.3 Å². The predicted molar refractivity (Wildman–Crippen MR) is 105 cm³/mol. The minimum atomic E-state index is -4.63. The molecule has 0 radical (unpaired) electrons. The first-order valence-electron chi connectivity index (χ1n) is 8.61. The van der Waals surface area contributed by atoms with Gasteiger partial charge in [-0.1, -0.05) is 6.92 Å². The lowest BCUT2D eigenvalue weighted by Crippen LogP contribution is -2.08. The molecule has 3 rings (SSSR count). The van der Waals surface area contributed by atoms with E-state index in [-0.39, 0.29) is 38.9 Å². The average Bonchev–Trinajstić information content (AvgIpc) is 2.96. The van der Waals surface area contributed by atoms with Crippen molar-refractivity contribution in [2.45, 2.75) is 31.8 Å². The molecule has 8 nitrogen and oxygen atoms in total. The number of imidazole rings is 1. The highest BCUT2D eigenvalue weighted by Gasteiger charge is 2.33. The van der Waals surface area contributed by atoms with Gasteiger partial charge in [-0.3, -0.25) is 0 Å². The van der Waals surface area contributed by atoms with Gasteiger partial charge in [0.2, 0.25) is 0 Å². The van der Waals surface area contributed by atoms with Crippen molar-refractivity contribution >= 4 is 26.6 Å². The largest absolute Gasteiger partial charge is 0.506 e. The van der Waals surface area contributed by atoms with E-state index >= 15 is 0 Å². The van der Waals surface area contributed by atoms with E-state index in [2.05, 4.69) is 15.0 Å². The van der Waals surface area contributed by atoms with Crippen LogP contribution in [0.4, 0.5) is 13.2 Å². The maximum Gasteiger partial charge on any atom is 0.433 e. The summed E-state index contributed by atoms with van der Waals surface area (Å²) in [7, 11) is -2.25. The molecule has 0 aromatic carbocycles. The van der Waals surface area contributed by atoms with Crippen LogP contribution in [0.3, 0.4) is 0 Å². The van der Waals surface area contributed by atoms with Crippen LogP contribution in [-0.4, -0.2) is 44.5 Å². The monoisotopic (exact) mass is 443 g/mol. The van der Waals surface area contributed by atoms with Gasteiger partial charge < -0.3 is 15.1 Å². The fourth-order valence-electron chi connectivity index (χ4n) is 2.45. The summed E-state index contributed by atoms with van der Waals surface area (Å²) in [5.74, 6) is -0.539. The molecule has 0 bridgehead atoms. The second-order valence-corrected chi connectivity index (χ2v) is 8.74. The van der Waals surface area contributed by atoms with Gasteiger partial charge in [0.1, 0.15) is 17.1 Å². The minimum absolute atomic E-state index is 0.000420. The Labute approximate surface area is 170 Å². The Morgan fingerprint density at radius 3 is 2.33 bits per heavy atom. The Hall–Kier alpha value is -3.02. The van der Waals surface area contributed by atoms with Crippen molar-refractivity contribution in [1.29, 1.82) is 5.41 Å². The summed E-state index contributed by atoms with van der Waals surface area (Å²) in [6.45, 7) is 4.93. The van der Waals surface area contributed by atoms with Gasteiger partial charge in [-0.2, -0.15) is 13.2 Å². The number of pyridine rings is 2. The van der Waals surface area contributed by atoms with E-state index in [0.29, 0.717) is 5.71 Å². The Balaban J connectivity index is 0.000000735. The first-order chi connectivity index (χ1) is 13.8. The van der Waals surface area contributed by atoms with E-state index in [0.717, 1.165) is 24.5 Å². The number of fused-ring (bicyclic) bond motifs is 1. The summed E-state index contributed by atoms with van der Waals surface area (Å²) in [4.78, 5) is 11.2. The van der Waals surface area contributed by atoms with Gasteiger partial charge in [-0.05, 0) is 19.9 Å². The number of aromatic nitrogens is 4. The Bertz CT molecular complexity index is 1200. The van der Waals surface area contributed by atoms with Gasteiger partial charge in [0.15, 0.2) is 15.7 Å². The number of nitrogens with zero attached hydrogens (tertiary/aromatic N) is 4. The van der Waals surface area contributed by atoms with Gasteiger partial charge in [-0.25, -0.2) is 23.4 Å². The van der Waals surface area contributed by atoms with Crippen LogP contribution in [0.1, 0.15) is 26.5 Å². The number of alkyl halides is 3. The van der Waals surface area contributed by atoms with E-state index < -0.39 is 21.7 Å². The summed E-state index contributed by atoms with van der Waals surface area (Å²) < 4.78 is 64.5. The normalized spacial score (nSPS) is 11.8. The van der Waals surface area contributed by atoms with E-state index in [4.69, 9.17) is 5.41 Å². The fraction of sp³-hybridized carbons (Fsp3) is 0.333. The molecule has 0 spiro atoms. The van der Waals surface area contributed by atoms with Crippen LogP contribution < -0.4 is 0 Å². The zero-order valence-corrected chi connectivity index (χ0v) is 17.4. The summed E-state index contributed by atoms with van der Waals surface area (Å²) in [5.41, 5.74) is -0.214. The number of sulfone groups is 1. The Morgan fingerprint density at radius 2 is 1.80 bits per heavy atom. The highest BCUT2D eigenvalue weighted by atomic mass is 32.2. The van der Waals surface area contributed by atoms with Crippen molar-refractivity contribution in [2.75, 3.05) is 5.75 Å². The number of aromatic hydroxyl groups is 1. The van der Waals surface area contributed by atoms with Crippen LogP contribution in [0, 0.1) is 5.41 Å². The molecule has 0 amide bonds. The van der Waals surface area contributed by atoms with Crippen molar-refractivity contribution in [2.24, 2.45) is 7.05 Å². The maximum atomic E-state index is 12.8. The van der Waals surface area contributed by atoms with Crippen LogP contribution in [-0.2, 0) is 23.1 Å². The zero-order chi connectivity index (χ0) is 22.9. The van der Waals surface area contributed by atoms with Crippen LogP contribution in [0.25, 0.3) is 22.6 Å². The van der Waals surface area contributed by atoms with E-state index in [1.807, 2.05) is 0 Å². The molecule has 30 heavy (non-hydrogen) atoms. The second kappa shape index (κ2) is 8.38. The van der Waals surface area contributed by atoms with Crippen molar-refractivity contribution in [3.05, 3.63) is 30.2 Å². The molecule has 0 aliphatic rings. The number of hydrogen-bond donors (Lipinski definition) is 2. The van der Waals surface area contributed by atoms with Crippen LogP contribution >= 0.6 is 0 Å². The van der Waals surface area contributed by atoms with Crippen LogP contribution in [0.5, 0.6) is 5.75 Å². The topological polar surface area (TPSA) is 122 Å². The van der Waals surface area contributed by atoms with E-state index in [1.54, 1.807) is 13.8 Å². The maximum absolute atomic E-state index is 12.8. The van der Waals surface area contributed by atoms with Crippen molar-refractivity contribution < 1.29 is 26.7 Å². The molecular formula is C18H20F3N5O3S. The molecule has 0 unspecified atom stereocenters. The third kappa shape index (κ3) is 4.93. The standard InChI is InChI=1S/C15H13F3N4O3S.C3H7N/c1-3-26(24,25)11-4-8(23)6-20-13(11)14-21-9-5-12(15(16,17)18)19-7-10(9)22(14)2;1-3(2)4/h4-7,23H,3H2,1-2H3;4H,1-2H3. The lowest BCUT2D eigenvalue weighted by Gasteiger charge is -2.09. The molecule has 3 heterocycles. The molecule has 3 aromatic heterocycles. The molecular weight excluding hydrogens is 423 g/mol. The highest BCUT2D eigenvalue weighted by Crippen LogP contribution is 2.33. The molecule has 12 heteroatoms. The zero-order valence-electron chi connectivity index (χ0n) is 16.6. The lowest BCUT2D eigenvalue weighted by atomic mass is 10.3. The number of halogens is 3. The minimum Gasteiger partial charge on any atom is -0.506 e. The molecule has 0 atom stereocenters. The van der Waals surface area contributed by atoms with Gasteiger partial charge in [0.05, 0.1) is 34.1 Å². The third-order valence-corrected chi connectivity index (χ3v) is 5.56. The number of rotatable bonds is 3. The van der Waals surface area contributed by atoms with Crippen molar-refractivity contribution in [3.63, 3.8) is 0 Å². The Kier molecular flexibility index (Phi) is 6.50. The molecule has 162 valence electrons. The average molecular weight is 443 g/mol. The first kappa shape index (κ1) is 23.3. The van der Waals surface area contributed by atoms with E-state index in [1.165, 1.54) is 18.5 Å². The second-order valence-electron chi connectivity index (χ2n) is 6.49. The molecule has 0 aliphatic carbocycles. The highest BCUT2D eigenvalue weighted by molar-refractivity contribution is 7.91. The fourth-order valence-corrected chi connectivity index (χ4v) is 3.50. The van der Waals surface area contributed by atoms with Crippen LogP contribution in [0.2, 0.25) is 0 Å². The number of nitrogens with one attached hydrogen (secondary N) is 1. The van der Waals surface area contributed by atoms with Crippen LogP contribution in [0.15, 0.2) is 29.4 Å².